The average Bonchev–Trinajstić information content (AvgIpc) is 2.03. The largest absolute Gasteiger partial charge is 0.481 e. The normalized spacial score (nSPS) is 9.58. The van der Waals surface area contributed by atoms with Crippen LogP contribution in [0.25, 0.3) is 0 Å². The van der Waals surface area contributed by atoms with Gasteiger partial charge >= 0.3 is 0 Å². The molecular weight excluding hydrogens is 156 g/mol. The van der Waals surface area contributed by atoms with E-state index in [0.29, 0.717) is 17.4 Å². The molecule has 0 fully saturated rings. The fourth-order valence-corrected chi connectivity index (χ4v) is 0.825. The van der Waals surface area contributed by atoms with E-state index in [4.69, 9.17) is 4.74 Å². The van der Waals surface area contributed by atoms with Gasteiger partial charge in [-0.15, -0.1) is 0 Å². The van der Waals surface area contributed by atoms with Gasteiger partial charge in [-0.2, -0.15) is 4.98 Å². The Balaban J connectivity index is 3.15. The first-order valence-electron chi connectivity index (χ1n) is 3.54. The molecule has 0 aliphatic carbocycles. The smallest absolute Gasteiger partial charge is 0.216 e. The highest BCUT2D eigenvalue weighted by Gasteiger charge is 2.04. The second-order valence-electron chi connectivity index (χ2n) is 2.40. The number of methoxy groups -OCH3 is 1. The minimum absolute atomic E-state index is 0.0844. The molecule has 1 aromatic rings. The minimum atomic E-state index is -0.0844. The van der Waals surface area contributed by atoms with E-state index in [2.05, 4.69) is 9.97 Å². The van der Waals surface area contributed by atoms with E-state index in [-0.39, 0.29) is 5.78 Å². The average molecular weight is 166 g/mol. The lowest BCUT2D eigenvalue weighted by atomic mass is 10.3. The Hall–Kier alpha value is -1.45. The third kappa shape index (κ3) is 1.78. The molecule has 0 aromatic carbocycles. The first-order chi connectivity index (χ1) is 5.63. The van der Waals surface area contributed by atoms with Crippen LogP contribution in [0, 0.1) is 6.92 Å². The lowest BCUT2D eigenvalue weighted by molar-refractivity contribution is 0.101. The summed E-state index contributed by atoms with van der Waals surface area (Å²) >= 11 is 0. The molecule has 0 aliphatic heterocycles. The lowest BCUT2D eigenvalue weighted by Crippen LogP contribution is -2.02. The number of rotatable bonds is 2. The summed E-state index contributed by atoms with van der Waals surface area (Å²) in [6.45, 7) is 3.18. The van der Waals surface area contributed by atoms with Gasteiger partial charge in [0.25, 0.3) is 0 Å². The number of aryl methyl sites for hydroxylation is 1. The molecule has 0 spiro atoms. The molecule has 12 heavy (non-hydrogen) atoms. The zero-order valence-electron chi connectivity index (χ0n) is 7.29. The van der Waals surface area contributed by atoms with Crippen LogP contribution in [0.2, 0.25) is 0 Å². The molecule has 1 heterocycles. The van der Waals surface area contributed by atoms with Crippen LogP contribution in [0.1, 0.15) is 23.2 Å². The van der Waals surface area contributed by atoms with Crippen molar-refractivity contribution in [1.82, 2.24) is 9.97 Å². The fourth-order valence-electron chi connectivity index (χ4n) is 0.825. The Bertz CT molecular complexity index is 310. The van der Waals surface area contributed by atoms with Crippen molar-refractivity contribution < 1.29 is 9.53 Å². The van der Waals surface area contributed by atoms with Crippen molar-refractivity contribution >= 4 is 5.78 Å². The van der Waals surface area contributed by atoms with Crippen LogP contribution >= 0.6 is 0 Å². The molecule has 4 heteroatoms. The van der Waals surface area contributed by atoms with Crippen LogP contribution in [0.5, 0.6) is 5.88 Å². The number of hydrogen-bond acceptors (Lipinski definition) is 4. The van der Waals surface area contributed by atoms with E-state index in [1.807, 2.05) is 0 Å². The summed E-state index contributed by atoms with van der Waals surface area (Å²) in [4.78, 5) is 18.8. The number of carbonyl (C=O) groups excluding carboxylic acids is 1. The van der Waals surface area contributed by atoms with Gasteiger partial charge in [0.1, 0.15) is 11.5 Å². The summed E-state index contributed by atoms with van der Waals surface area (Å²) in [6.07, 6.45) is 0. The van der Waals surface area contributed by atoms with Crippen LogP contribution in [0.3, 0.4) is 0 Å². The maximum absolute atomic E-state index is 10.9. The summed E-state index contributed by atoms with van der Waals surface area (Å²) in [5.74, 6) is 0.881. The van der Waals surface area contributed by atoms with Crippen molar-refractivity contribution in [3.8, 4) is 5.88 Å². The zero-order chi connectivity index (χ0) is 9.14. The number of hydrogen-bond donors (Lipinski definition) is 0. The molecule has 0 N–H and O–H groups in total. The molecule has 0 bridgehead atoms. The molecule has 0 unspecified atom stereocenters. The number of ether oxygens (including phenoxy) is 1. The van der Waals surface area contributed by atoms with Gasteiger partial charge in [0, 0.05) is 13.0 Å². The van der Waals surface area contributed by atoms with Crippen molar-refractivity contribution in [3.63, 3.8) is 0 Å². The number of Topliss-reactive ketones (excluding diaryl/α,β-unsaturated/α-hetero) is 1. The highest BCUT2D eigenvalue weighted by Crippen LogP contribution is 2.08. The Labute approximate surface area is 70.6 Å². The first-order valence-corrected chi connectivity index (χ1v) is 3.54. The third-order valence-corrected chi connectivity index (χ3v) is 1.38. The fraction of sp³-hybridized carbons (Fsp3) is 0.375. The predicted molar refractivity (Wildman–Crippen MR) is 43.3 cm³/mol. The molecule has 0 saturated heterocycles. The topological polar surface area (TPSA) is 52.1 Å². The molecule has 0 radical (unpaired) electrons. The maximum atomic E-state index is 10.9. The van der Waals surface area contributed by atoms with E-state index in [1.54, 1.807) is 6.92 Å². The van der Waals surface area contributed by atoms with Crippen molar-refractivity contribution in [2.24, 2.45) is 0 Å². The lowest BCUT2D eigenvalue weighted by Gasteiger charge is -2.01. The molecule has 0 amide bonds. The Morgan fingerprint density at radius 1 is 1.50 bits per heavy atom. The molecule has 1 rings (SSSR count). The van der Waals surface area contributed by atoms with Crippen LogP contribution < -0.4 is 4.74 Å². The Kier molecular flexibility index (Phi) is 2.38. The van der Waals surface area contributed by atoms with Gasteiger partial charge in [-0.25, -0.2) is 4.98 Å². The van der Waals surface area contributed by atoms with Gasteiger partial charge in [0.15, 0.2) is 5.78 Å². The van der Waals surface area contributed by atoms with E-state index in [0.717, 1.165) is 0 Å². The summed E-state index contributed by atoms with van der Waals surface area (Å²) in [7, 11) is 1.51. The van der Waals surface area contributed by atoms with E-state index < -0.39 is 0 Å². The summed E-state index contributed by atoms with van der Waals surface area (Å²) in [5, 5.41) is 0. The minimum Gasteiger partial charge on any atom is -0.481 e. The SMILES string of the molecule is COc1cc(C(C)=O)nc(C)n1. The second-order valence-corrected chi connectivity index (χ2v) is 2.40. The van der Waals surface area contributed by atoms with Crippen LogP contribution in [-0.2, 0) is 0 Å². The van der Waals surface area contributed by atoms with Gasteiger partial charge in [0.2, 0.25) is 5.88 Å². The standard InChI is InChI=1S/C8H10N2O2/c1-5(11)7-4-8(12-3)10-6(2)9-7/h4H,1-3H3. The molecule has 4 nitrogen and oxygen atoms in total. The summed E-state index contributed by atoms with van der Waals surface area (Å²) in [5.41, 5.74) is 0.388. The van der Waals surface area contributed by atoms with Crippen LogP contribution in [0.4, 0.5) is 0 Å². The van der Waals surface area contributed by atoms with Crippen molar-refractivity contribution in [1.29, 1.82) is 0 Å². The van der Waals surface area contributed by atoms with Gasteiger partial charge < -0.3 is 4.74 Å². The third-order valence-electron chi connectivity index (χ3n) is 1.38. The van der Waals surface area contributed by atoms with Gasteiger partial charge in [-0.3, -0.25) is 4.79 Å². The quantitative estimate of drug-likeness (QED) is 0.615. The Morgan fingerprint density at radius 3 is 2.67 bits per heavy atom. The van der Waals surface area contributed by atoms with Gasteiger partial charge in [-0.05, 0) is 6.92 Å². The van der Waals surface area contributed by atoms with E-state index in [1.165, 1.54) is 20.1 Å². The molecule has 0 atom stereocenters. The second kappa shape index (κ2) is 3.30. The zero-order valence-corrected chi connectivity index (χ0v) is 7.29. The highest BCUT2D eigenvalue weighted by molar-refractivity contribution is 5.92. The first kappa shape index (κ1) is 8.64. The summed E-state index contributed by atoms with van der Waals surface area (Å²) < 4.78 is 4.88. The van der Waals surface area contributed by atoms with Crippen LogP contribution in [-0.4, -0.2) is 22.9 Å². The van der Waals surface area contributed by atoms with Crippen molar-refractivity contribution in [3.05, 3.63) is 17.6 Å². The molecule has 0 aliphatic rings. The molecule has 0 saturated carbocycles. The number of carbonyl (C=O) groups is 1. The van der Waals surface area contributed by atoms with Gasteiger partial charge in [-0.1, -0.05) is 0 Å². The predicted octanol–water partition coefficient (Wildman–Crippen LogP) is 0.996. The van der Waals surface area contributed by atoms with Crippen LogP contribution in [0.15, 0.2) is 6.07 Å². The molecular formula is C8H10N2O2. The molecule has 1 aromatic heterocycles. The molecule has 64 valence electrons. The van der Waals surface area contributed by atoms with Gasteiger partial charge in [0.05, 0.1) is 7.11 Å². The van der Waals surface area contributed by atoms with Crippen molar-refractivity contribution in [2.45, 2.75) is 13.8 Å². The maximum Gasteiger partial charge on any atom is 0.216 e. The van der Waals surface area contributed by atoms with E-state index in [9.17, 15) is 4.79 Å². The monoisotopic (exact) mass is 166 g/mol. The highest BCUT2D eigenvalue weighted by atomic mass is 16.5. The summed E-state index contributed by atoms with van der Waals surface area (Å²) in [6, 6.07) is 1.52. The van der Waals surface area contributed by atoms with E-state index >= 15 is 0 Å². The Morgan fingerprint density at radius 2 is 2.17 bits per heavy atom. The number of nitrogens with zero attached hydrogens (tertiary/aromatic N) is 2. The number of aromatic nitrogens is 2. The number of ketones is 1. The van der Waals surface area contributed by atoms with Crippen molar-refractivity contribution in [2.75, 3.05) is 7.11 Å².